The minimum Gasteiger partial charge on any atom is -0.443 e. The van der Waals surface area contributed by atoms with Gasteiger partial charge in [-0.05, 0) is 68.3 Å². The Morgan fingerprint density at radius 1 is 0.767 bits per heavy atom. The molecule has 4 rings (SSSR count). The molecule has 3 aromatic rings. The summed E-state index contributed by atoms with van der Waals surface area (Å²) in [6, 6.07) is 14.7. The maximum Gasteiger partial charge on any atom is 0.494 e. The van der Waals surface area contributed by atoms with Crippen molar-refractivity contribution in [2.24, 2.45) is 0 Å². The molecule has 0 saturated carbocycles. The van der Waals surface area contributed by atoms with Crippen LogP contribution < -0.4 is 5.46 Å². The lowest BCUT2D eigenvalue weighted by atomic mass is 9.78. The van der Waals surface area contributed by atoms with Crippen molar-refractivity contribution in [1.29, 1.82) is 0 Å². The first kappa shape index (κ1) is 22.6. The minimum absolute atomic E-state index is 0.254. The highest BCUT2D eigenvalue weighted by atomic mass is 16.7. The van der Waals surface area contributed by atoms with Gasteiger partial charge in [-0.25, -0.2) is 4.98 Å². The van der Waals surface area contributed by atoms with Crippen LogP contribution in [0.4, 0.5) is 0 Å². The fraction of sp³-hybridized carbons (Fsp3) is 0.480. The molecule has 0 radical (unpaired) electrons. The van der Waals surface area contributed by atoms with Gasteiger partial charge in [-0.3, -0.25) is 0 Å². The molecule has 0 aliphatic carbocycles. The van der Waals surface area contributed by atoms with Crippen molar-refractivity contribution in [3.05, 3.63) is 60.0 Å². The minimum atomic E-state index is -0.269. The SMILES string of the molecule is CC(C)c1ccc(B2OC(C)(C)C(C)(C)O2)cc1.CC(C)c1ccc2ocnc2c1. The lowest BCUT2D eigenvalue weighted by Gasteiger charge is -2.32. The van der Waals surface area contributed by atoms with Gasteiger partial charge >= 0.3 is 7.12 Å². The van der Waals surface area contributed by atoms with Crippen LogP contribution in [0.3, 0.4) is 0 Å². The summed E-state index contributed by atoms with van der Waals surface area (Å²) >= 11 is 0. The van der Waals surface area contributed by atoms with Crippen molar-refractivity contribution in [3.8, 4) is 0 Å². The van der Waals surface area contributed by atoms with Crippen molar-refractivity contribution in [2.75, 3.05) is 0 Å². The number of hydrogen-bond acceptors (Lipinski definition) is 4. The highest BCUT2D eigenvalue weighted by Crippen LogP contribution is 2.36. The zero-order chi connectivity index (χ0) is 22.1. The third kappa shape index (κ3) is 4.79. The molecular formula is C25H34BNO3. The molecule has 30 heavy (non-hydrogen) atoms. The lowest BCUT2D eigenvalue weighted by Crippen LogP contribution is -2.41. The van der Waals surface area contributed by atoms with Crippen LogP contribution in [0, 0.1) is 0 Å². The van der Waals surface area contributed by atoms with E-state index >= 15 is 0 Å². The van der Waals surface area contributed by atoms with Gasteiger partial charge in [-0.15, -0.1) is 0 Å². The van der Waals surface area contributed by atoms with E-state index in [9.17, 15) is 0 Å². The molecule has 160 valence electrons. The molecule has 0 amide bonds. The first-order chi connectivity index (χ1) is 14.0. The Hall–Kier alpha value is -2.11. The lowest BCUT2D eigenvalue weighted by molar-refractivity contribution is 0.00578. The van der Waals surface area contributed by atoms with Gasteiger partial charge in [0.05, 0.1) is 11.2 Å². The van der Waals surface area contributed by atoms with Crippen LogP contribution in [0.25, 0.3) is 11.1 Å². The van der Waals surface area contributed by atoms with Gasteiger partial charge in [0.15, 0.2) is 12.0 Å². The second-order valence-corrected chi connectivity index (χ2v) is 9.64. The Labute approximate surface area is 181 Å². The largest absolute Gasteiger partial charge is 0.494 e. The Morgan fingerprint density at radius 3 is 1.83 bits per heavy atom. The van der Waals surface area contributed by atoms with E-state index in [0.717, 1.165) is 16.6 Å². The summed E-state index contributed by atoms with van der Waals surface area (Å²) in [4.78, 5) is 4.10. The third-order valence-electron chi connectivity index (χ3n) is 6.15. The van der Waals surface area contributed by atoms with E-state index in [1.54, 1.807) is 0 Å². The number of nitrogens with zero attached hydrogens (tertiary/aromatic N) is 1. The number of oxazole rings is 1. The van der Waals surface area contributed by atoms with Crippen LogP contribution in [0.5, 0.6) is 0 Å². The monoisotopic (exact) mass is 407 g/mol. The summed E-state index contributed by atoms with van der Waals surface area (Å²) in [7, 11) is -0.254. The quantitative estimate of drug-likeness (QED) is 0.495. The molecule has 2 aromatic carbocycles. The fourth-order valence-corrected chi connectivity index (χ4v) is 3.25. The first-order valence-corrected chi connectivity index (χ1v) is 10.8. The predicted molar refractivity (Wildman–Crippen MR) is 124 cm³/mol. The van der Waals surface area contributed by atoms with Gasteiger partial charge in [0.1, 0.15) is 5.52 Å². The van der Waals surface area contributed by atoms with Crippen LogP contribution in [0.1, 0.15) is 78.4 Å². The molecule has 0 unspecified atom stereocenters. The molecule has 0 atom stereocenters. The molecule has 2 heterocycles. The van der Waals surface area contributed by atoms with Crippen molar-refractivity contribution in [1.82, 2.24) is 4.98 Å². The van der Waals surface area contributed by atoms with Gasteiger partial charge in [-0.1, -0.05) is 58.0 Å². The number of fused-ring (bicyclic) bond motifs is 1. The third-order valence-corrected chi connectivity index (χ3v) is 6.15. The number of rotatable bonds is 3. The van der Waals surface area contributed by atoms with Gasteiger partial charge in [-0.2, -0.15) is 0 Å². The average Bonchev–Trinajstić information content (AvgIpc) is 3.23. The normalized spacial score (nSPS) is 17.5. The molecule has 1 aromatic heterocycles. The van der Waals surface area contributed by atoms with Crippen LogP contribution in [0.15, 0.2) is 53.3 Å². The van der Waals surface area contributed by atoms with Gasteiger partial charge in [0.25, 0.3) is 0 Å². The molecule has 1 aliphatic rings. The molecule has 5 heteroatoms. The van der Waals surface area contributed by atoms with E-state index in [1.165, 1.54) is 17.5 Å². The van der Waals surface area contributed by atoms with E-state index < -0.39 is 0 Å². The fourth-order valence-electron chi connectivity index (χ4n) is 3.25. The van der Waals surface area contributed by atoms with E-state index in [1.807, 2.05) is 6.07 Å². The number of hydrogen-bond donors (Lipinski definition) is 0. The summed E-state index contributed by atoms with van der Waals surface area (Å²) < 4.78 is 17.2. The standard InChI is InChI=1S/C15H23BO2.C10H11NO/c1-11(2)12-7-9-13(10-8-12)16-17-14(3,4)15(5,6)18-16;1-7(2)8-3-4-10-9(5-8)11-6-12-10/h7-11H,1-6H3;3-7H,1-2H3. The molecule has 1 aliphatic heterocycles. The van der Waals surface area contributed by atoms with Crippen LogP contribution >= 0.6 is 0 Å². The Morgan fingerprint density at radius 2 is 1.30 bits per heavy atom. The Balaban J connectivity index is 0.000000184. The predicted octanol–water partition coefficient (Wildman–Crippen LogP) is 6.06. The van der Waals surface area contributed by atoms with Crippen molar-refractivity contribution >= 4 is 23.7 Å². The Bertz CT molecular complexity index is 957. The second kappa shape index (κ2) is 8.56. The molecule has 0 spiro atoms. The molecule has 1 fully saturated rings. The zero-order valence-electron chi connectivity index (χ0n) is 19.5. The van der Waals surface area contributed by atoms with Gasteiger partial charge < -0.3 is 13.7 Å². The zero-order valence-corrected chi connectivity index (χ0v) is 19.5. The highest BCUT2D eigenvalue weighted by molar-refractivity contribution is 6.62. The van der Waals surface area contributed by atoms with Crippen LogP contribution in [0.2, 0.25) is 0 Å². The highest BCUT2D eigenvalue weighted by Gasteiger charge is 2.51. The van der Waals surface area contributed by atoms with Crippen molar-refractivity contribution in [2.45, 2.75) is 78.4 Å². The number of benzene rings is 2. The summed E-state index contributed by atoms with van der Waals surface area (Å²) in [5.41, 5.74) is 5.01. The molecule has 0 bridgehead atoms. The molecule has 1 saturated heterocycles. The van der Waals surface area contributed by atoms with Gasteiger partial charge in [0, 0.05) is 0 Å². The number of aromatic nitrogens is 1. The van der Waals surface area contributed by atoms with E-state index in [-0.39, 0.29) is 18.3 Å². The van der Waals surface area contributed by atoms with Crippen LogP contribution in [-0.2, 0) is 9.31 Å². The summed E-state index contributed by atoms with van der Waals surface area (Å²) in [6.07, 6.45) is 1.48. The van der Waals surface area contributed by atoms with Crippen molar-refractivity contribution < 1.29 is 13.7 Å². The summed E-state index contributed by atoms with van der Waals surface area (Å²) in [5.74, 6) is 1.10. The maximum atomic E-state index is 6.03. The van der Waals surface area contributed by atoms with Crippen molar-refractivity contribution in [3.63, 3.8) is 0 Å². The second-order valence-electron chi connectivity index (χ2n) is 9.64. The summed E-state index contributed by atoms with van der Waals surface area (Å²) in [5, 5.41) is 0. The smallest absolute Gasteiger partial charge is 0.443 e. The van der Waals surface area contributed by atoms with Crippen LogP contribution in [-0.4, -0.2) is 23.3 Å². The maximum absolute atomic E-state index is 6.03. The average molecular weight is 407 g/mol. The molecule has 4 nitrogen and oxygen atoms in total. The first-order valence-electron chi connectivity index (χ1n) is 10.8. The van der Waals surface area contributed by atoms with Gasteiger partial charge in [0.2, 0.25) is 0 Å². The molecule has 0 N–H and O–H groups in total. The topological polar surface area (TPSA) is 44.5 Å². The Kier molecular flexibility index (Phi) is 6.44. The summed E-state index contributed by atoms with van der Waals surface area (Å²) in [6.45, 7) is 17.0. The van der Waals surface area contributed by atoms with E-state index in [0.29, 0.717) is 11.8 Å². The molecular weight excluding hydrogens is 373 g/mol. The van der Waals surface area contributed by atoms with E-state index in [2.05, 4.69) is 96.8 Å². The van der Waals surface area contributed by atoms with E-state index in [4.69, 9.17) is 13.7 Å².